The zero-order chi connectivity index (χ0) is 13.0. The van der Waals surface area contributed by atoms with Gasteiger partial charge in [-0.1, -0.05) is 6.92 Å². The smallest absolute Gasteiger partial charge is 0.0785 e. The predicted molar refractivity (Wildman–Crippen MR) is 75.6 cm³/mol. The van der Waals surface area contributed by atoms with E-state index in [0.717, 1.165) is 30.5 Å². The molecule has 4 nitrogen and oxygen atoms in total. The van der Waals surface area contributed by atoms with E-state index >= 15 is 0 Å². The van der Waals surface area contributed by atoms with Gasteiger partial charge in [0.15, 0.2) is 0 Å². The zero-order valence-corrected chi connectivity index (χ0v) is 12.7. The van der Waals surface area contributed by atoms with Gasteiger partial charge in [-0.15, -0.1) is 0 Å². The summed E-state index contributed by atoms with van der Waals surface area (Å²) in [5, 5.41) is 7.84. The summed E-state index contributed by atoms with van der Waals surface area (Å²) < 4.78 is 9.08. The Kier molecular flexibility index (Phi) is 5.21. The van der Waals surface area contributed by atoms with E-state index in [0.29, 0.717) is 0 Å². The van der Waals surface area contributed by atoms with Crippen LogP contribution in [0.5, 0.6) is 0 Å². The van der Waals surface area contributed by atoms with E-state index in [4.69, 9.17) is 4.74 Å². The number of hydrogen-bond acceptors (Lipinski definition) is 3. The molecule has 2 heterocycles. The van der Waals surface area contributed by atoms with Gasteiger partial charge in [-0.05, 0) is 48.7 Å². The number of ether oxygens (including phenoxy) is 1. The normalized spacial score (nSPS) is 22.1. The lowest BCUT2D eigenvalue weighted by atomic mass is 9.99. The molecule has 2 atom stereocenters. The second-order valence-corrected chi connectivity index (χ2v) is 5.63. The van der Waals surface area contributed by atoms with Crippen LogP contribution in [-0.4, -0.2) is 29.5 Å². The van der Waals surface area contributed by atoms with Gasteiger partial charge in [-0.25, -0.2) is 0 Å². The molecule has 0 spiro atoms. The van der Waals surface area contributed by atoms with Gasteiger partial charge in [-0.2, -0.15) is 5.10 Å². The van der Waals surface area contributed by atoms with Crippen LogP contribution in [0.1, 0.15) is 44.3 Å². The third kappa shape index (κ3) is 2.95. The van der Waals surface area contributed by atoms with Crippen LogP contribution in [0.25, 0.3) is 0 Å². The highest BCUT2D eigenvalue weighted by Gasteiger charge is 2.29. The van der Waals surface area contributed by atoms with E-state index in [-0.39, 0.29) is 12.1 Å². The van der Waals surface area contributed by atoms with Gasteiger partial charge >= 0.3 is 0 Å². The van der Waals surface area contributed by atoms with Crippen molar-refractivity contribution in [3.05, 3.63) is 16.4 Å². The number of halogens is 1. The van der Waals surface area contributed by atoms with E-state index in [1.54, 1.807) is 0 Å². The number of aryl methyl sites for hydroxylation is 1. The molecule has 1 fully saturated rings. The Labute approximate surface area is 117 Å². The molecule has 2 unspecified atom stereocenters. The maximum absolute atomic E-state index is 5.92. The lowest BCUT2D eigenvalue weighted by Gasteiger charge is -2.31. The minimum Gasteiger partial charge on any atom is -0.376 e. The fraction of sp³-hybridized carbons (Fsp3) is 0.769. The highest BCUT2D eigenvalue weighted by Crippen LogP contribution is 2.30. The van der Waals surface area contributed by atoms with E-state index in [2.05, 4.69) is 38.0 Å². The molecule has 1 aliphatic heterocycles. The van der Waals surface area contributed by atoms with Crippen LogP contribution >= 0.6 is 15.9 Å². The summed E-state index contributed by atoms with van der Waals surface area (Å²) in [6.07, 6.45) is 6.79. The van der Waals surface area contributed by atoms with Gasteiger partial charge in [0.1, 0.15) is 0 Å². The van der Waals surface area contributed by atoms with Crippen molar-refractivity contribution in [2.45, 2.75) is 51.3 Å². The van der Waals surface area contributed by atoms with Gasteiger partial charge in [0.25, 0.3) is 0 Å². The molecule has 0 radical (unpaired) electrons. The van der Waals surface area contributed by atoms with E-state index in [1.165, 1.54) is 18.5 Å². The molecular formula is C13H22BrN3O. The van der Waals surface area contributed by atoms with Crippen molar-refractivity contribution in [2.24, 2.45) is 0 Å². The van der Waals surface area contributed by atoms with Crippen LogP contribution in [0.2, 0.25) is 0 Å². The maximum atomic E-state index is 5.92. The molecule has 0 amide bonds. The molecule has 2 rings (SSSR count). The van der Waals surface area contributed by atoms with E-state index in [9.17, 15) is 0 Å². The maximum Gasteiger partial charge on any atom is 0.0785 e. The Balaban J connectivity index is 2.22. The molecule has 18 heavy (non-hydrogen) atoms. The summed E-state index contributed by atoms with van der Waals surface area (Å²) in [6.45, 7) is 4.00. The summed E-state index contributed by atoms with van der Waals surface area (Å²) in [5.41, 5.74) is 1.21. The number of nitrogens with one attached hydrogen (secondary N) is 1. The number of aromatic nitrogens is 2. The third-order valence-electron chi connectivity index (χ3n) is 3.46. The second kappa shape index (κ2) is 6.68. The quantitative estimate of drug-likeness (QED) is 0.908. The Morgan fingerprint density at radius 3 is 3.06 bits per heavy atom. The van der Waals surface area contributed by atoms with Crippen molar-refractivity contribution in [2.75, 3.05) is 13.7 Å². The molecule has 1 aliphatic rings. The summed E-state index contributed by atoms with van der Waals surface area (Å²) in [6, 6.07) is 0.216. The van der Waals surface area contributed by atoms with Gasteiger partial charge in [0.05, 0.1) is 28.5 Å². The van der Waals surface area contributed by atoms with Gasteiger partial charge in [-0.3, -0.25) is 4.68 Å². The van der Waals surface area contributed by atoms with Crippen molar-refractivity contribution < 1.29 is 4.74 Å². The van der Waals surface area contributed by atoms with Crippen molar-refractivity contribution in [1.29, 1.82) is 0 Å². The minimum absolute atomic E-state index is 0.216. The van der Waals surface area contributed by atoms with Gasteiger partial charge < -0.3 is 10.1 Å². The molecular weight excluding hydrogens is 294 g/mol. The minimum atomic E-state index is 0.216. The van der Waals surface area contributed by atoms with Crippen molar-refractivity contribution in [3.8, 4) is 0 Å². The first-order valence-corrected chi connectivity index (χ1v) is 7.57. The molecule has 102 valence electrons. The lowest BCUT2D eigenvalue weighted by Crippen LogP contribution is -2.35. The van der Waals surface area contributed by atoms with Crippen LogP contribution < -0.4 is 5.32 Å². The second-order valence-electron chi connectivity index (χ2n) is 4.77. The monoisotopic (exact) mass is 315 g/mol. The van der Waals surface area contributed by atoms with Crippen molar-refractivity contribution in [3.63, 3.8) is 0 Å². The Morgan fingerprint density at radius 2 is 2.44 bits per heavy atom. The number of hydrogen-bond donors (Lipinski definition) is 1. The summed E-state index contributed by atoms with van der Waals surface area (Å²) in [7, 11) is 2.00. The van der Waals surface area contributed by atoms with Crippen molar-refractivity contribution in [1.82, 2.24) is 15.1 Å². The number of rotatable bonds is 5. The largest absolute Gasteiger partial charge is 0.376 e. The Hall–Kier alpha value is -0.390. The van der Waals surface area contributed by atoms with Gasteiger partial charge in [0, 0.05) is 13.2 Å². The summed E-state index contributed by atoms with van der Waals surface area (Å²) in [4.78, 5) is 0. The molecule has 1 aromatic rings. The molecule has 0 aliphatic carbocycles. The SMILES string of the molecule is CCCn1ncc(Br)c1C(NC)C1CCCCO1. The fourth-order valence-corrected chi connectivity index (χ4v) is 3.14. The molecule has 0 saturated carbocycles. The predicted octanol–water partition coefficient (Wildman–Crippen LogP) is 2.89. The molecule has 0 bridgehead atoms. The van der Waals surface area contributed by atoms with Crippen LogP contribution in [0.15, 0.2) is 10.7 Å². The first kappa shape index (κ1) is 14.0. The van der Waals surface area contributed by atoms with E-state index in [1.807, 2.05) is 13.2 Å². The third-order valence-corrected chi connectivity index (χ3v) is 4.07. The average Bonchev–Trinajstić information content (AvgIpc) is 2.75. The Morgan fingerprint density at radius 1 is 1.61 bits per heavy atom. The molecule has 1 saturated heterocycles. The van der Waals surface area contributed by atoms with Crippen LogP contribution in [0.3, 0.4) is 0 Å². The summed E-state index contributed by atoms with van der Waals surface area (Å²) in [5.74, 6) is 0. The molecule has 0 aromatic carbocycles. The van der Waals surface area contributed by atoms with E-state index < -0.39 is 0 Å². The summed E-state index contributed by atoms with van der Waals surface area (Å²) >= 11 is 3.62. The highest BCUT2D eigenvalue weighted by molar-refractivity contribution is 9.10. The fourth-order valence-electron chi connectivity index (χ4n) is 2.60. The zero-order valence-electron chi connectivity index (χ0n) is 11.2. The highest BCUT2D eigenvalue weighted by atomic mass is 79.9. The number of likely N-dealkylation sites (N-methyl/N-ethyl adjacent to an activating group) is 1. The first-order valence-electron chi connectivity index (χ1n) is 6.78. The van der Waals surface area contributed by atoms with Crippen LogP contribution in [-0.2, 0) is 11.3 Å². The topological polar surface area (TPSA) is 39.1 Å². The lowest BCUT2D eigenvalue weighted by molar-refractivity contribution is -0.00857. The Bertz CT molecular complexity index is 374. The number of nitrogens with zero attached hydrogens (tertiary/aromatic N) is 2. The van der Waals surface area contributed by atoms with Crippen molar-refractivity contribution >= 4 is 15.9 Å². The average molecular weight is 316 g/mol. The molecule has 1 aromatic heterocycles. The molecule has 5 heteroatoms. The standard InChI is InChI=1S/C13H22BrN3O/c1-3-7-17-13(10(14)9-16-17)12(15-2)11-6-4-5-8-18-11/h9,11-12,15H,3-8H2,1-2H3. The van der Waals surface area contributed by atoms with Gasteiger partial charge in [0.2, 0.25) is 0 Å². The first-order chi connectivity index (χ1) is 8.77. The molecule has 1 N–H and O–H groups in total. The van der Waals surface area contributed by atoms with Crippen LogP contribution in [0.4, 0.5) is 0 Å². The van der Waals surface area contributed by atoms with Crippen LogP contribution in [0, 0.1) is 0 Å².